The molecule has 0 spiro atoms. The summed E-state index contributed by atoms with van der Waals surface area (Å²) in [4.78, 5) is 0. The molecule has 1 saturated carbocycles. The molecule has 0 radical (unpaired) electrons. The molecule has 1 aliphatic carbocycles. The Morgan fingerprint density at radius 1 is 1.47 bits per heavy atom. The largest absolute Gasteiger partial charge is 0.360 e. The van der Waals surface area contributed by atoms with Gasteiger partial charge in [-0.2, -0.15) is 0 Å². The van der Waals surface area contributed by atoms with Crippen molar-refractivity contribution in [2.24, 2.45) is 5.92 Å². The van der Waals surface area contributed by atoms with Crippen LogP contribution in [0.15, 0.2) is 18.2 Å². The summed E-state index contributed by atoms with van der Waals surface area (Å²) in [5.41, 5.74) is 1.33. The number of aryl methyl sites for hydroxylation is 1. The summed E-state index contributed by atoms with van der Waals surface area (Å²) < 4.78 is 13.3. The first-order chi connectivity index (χ1) is 8.06. The van der Waals surface area contributed by atoms with E-state index >= 15 is 0 Å². The van der Waals surface area contributed by atoms with Gasteiger partial charge in [0, 0.05) is 11.7 Å². The lowest BCUT2D eigenvalue weighted by molar-refractivity contribution is 0.590. The van der Waals surface area contributed by atoms with Gasteiger partial charge < -0.3 is 10.6 Å². The fourth-order valence-electron chi connectivity index (χ4n) is 1.76. The average Bonchev–Trinajstić information content (AvgIpc) is 3.06. The number of rotatable bonds is 3. The quantitative estimate of drug-likeness (QED) is 0.808. The van der Waals surface area contributed by atoms with E-state index in [1.54, 1.807) is 13.0 Å². The van der Waals surface area contributed by atoms with Crippen LogP contribution in [-0.4, -0.2) is 11.2 Å². The number of nitrogens with one attached hydrogen (secondary N) is 2. The third-order valence-corrected chi connectivity index (χ3v) is 3.34. The Labute approximate surface area is 107 Å². The standard InChI is InChI=1S/C13H17FN2S/c1-8-3-6-11(7-12(8)14)16-13(17)15-9(2)10-4-5-10/h3,6-7,9-10H,4-5H2,1-2H3,(H2,15,16,17)/t9-/m0/s1. The zero-order valence-corrected chi connectivity index (χ0v) is 10.9. The first-order valence-corrected chi connectivity index (χ1v) is 6.31. The van der Waals surface area contributed by atoms with Crippen LogP contribution >= 0.6 is 12.2 Å². The minimum absolute atomic E-state index is 0.215. The second-order valence-corrected chi connectivity index (χ2v) is 5.10. The van der Waals surface area contributed by atoms with Crippen molar-refractivity contribution in [1.82, 2.24) is 5.32 Å². The number of hydrogen-bond donors (Lipinski definition) is 2. The first kappa shape index (κ1) is 12.3. The van der Waals surface area contributed by atoms with Crippen LogP contribution in [0.4, 0.5) is 10.1 Å². The Bertz CT molecular complexity index is 429. The second kappa shape index (κ2) is 5.00. The van der Waals surface area contributed by atoms with Gasteiger partial charge in [-0.05, 0) is 62.5 Å². The van der Waals surface area contributed by atoms with E-state index in [1.165, 1.54) is 18.9 Å². The fourth-order valence-corrected chi connectivity index (χ4v) is 2.06. The van der Waals surface area contributed by atoms with Gasteiger partial charge in [-0.1, -0.05) is 6.07 Å². The first-order valence-electron chi connectivity index (χ1n) is 5.90. The van der Waals surface area contributed by atoms with Crippen molar-refractivity contribution in [2.75, 3.05) is 5.32 Å². The molecule has 1 aromatic carbocycles. The van der Waals surface area contributed by atoms with Crippen LogP contribution in [0.1, 0.15) is 25.3 Å². The van der Waals surface area contributed by atoms with Crippen molar-refractivity contribution in [2.45, 2.75) is 32.7 Å². The van der Waals surface area contributed by atoms with Crippen LogP contribution in [0.2, 0.25) is 0 Å². The lowest BCUT2D eigenvalue weighted by Gasteiger charge is -2.16. The molecule has 2 N–H and O–H groups in total. The van der Waals surface area contributed by atoms with Crippen molar-refractivity contribution < 1.29 is 4.39 Å². The lowest BCUT2D eigenvalue weighted by atomic mass is 10.2. The molecule has 1 aliphatic rings. The monoisotopic (exact) mass is 252 g/mol. The fraction of sp³-hybridized carbons (Fsp3) is 0.462. The SMILES string of the molecule is Cc1ccc(NC(=S)N[C@@H](C)C2CC2)cc1F. The van der Waals surface area contributed by atoms with Gasteiger partial charge in [0.25, 0.3) is 0 Å². The molecule has 0 aromatic heterocycles. The summed E-state index contributed by atoms with van der Waals surface area (Å²) >= 11 is 5.19. The number of halogens is 1. The van der Waals surface area contributed by atoms with E-state index < -0.39 is 0 Å². The maximum Gasteiger partial charge on any atom is 0.170 e. The Balaban J connectivity index is 1.90. The van der Waals surface area contributed by atoms with Crippen molar-refractivity contribution in [3.63, 3.8) is 0 Å². The van der Waals surface area contributed by atoms with Crippen LogP contribution in [0.3, 0.4) is 0 Å². The van der Waals surface area contributed by atoms with E-state index in [0.717, 1.165) is 5.92 Å². The minimum Gasteiger partial charge on any atom is -0.360 e. The minimum atomic E-state index is -0.215. The normalized spacial score (nSPS) is 16.4. The third-order valence-electron chi connectivity index (χ3n) is 3.12. The summed E-state index contributed by atoms with van der Waals surface area (Å²) in [6, 6.07) is 5.43. The molecule has 92 valence electrons. The van der Waals surface area contributed by atoms with E-state index in [2.05, 4.69) is 17.6 Å². The Hall–Kier alpha value is -1.16. The van der Waals surface area contributed by atoms with Crippen LogP contribution < -0.4 is 10.6 Å². The highest BCUT2D eigenvalue weighted by atomic mass is 32.1. The van der Waals surface area contributed by atoms with Crippen LogP contribution in [0.25, 0.3) is 0 Å². The summed E-state index contributed by atoms with van der Waals surface area (Å²) in [6.07, 6.45) is 2.55. The summed E-state index contributed by atoms with van der Waals surface area (Å²) in [5, 5.41) is 6.79. The van der Waals surface area contributed by atoms with Gasteiger partial charge in [0.1, 0.15) is 5.82 Å². The van der Waals surface area contributed by atoms with Gasteiger partial charge in [-0.3, -0.25) is 0 Å². The van der Waals surface area contributed by atoms with Crippen molar-refractivity contribution in [3.8, 4) is 0 Å². The van der Waals surface area contributed by atoms with Gasteiger partial charge in [-0.25, -0.2) is 4.39 Å². The molecule has 1 aromatic rings. The summed E-state index contributed by atoms with van der Waals surface area (Å²) in [5.74, 6) is 0.526. The molecule has 2 nitrogen and oxygen atoms in total. The molecule has 0 saturated heterocycles. The zero-order valence-electron chi connectivity index (χ0n) is 10.1. The molecular weight excluding hydrogens is 235 g/mol. The van der Waals surface area contributed by atoms with Gasteiger partial charge in [0.05, 0.1) is 0 Å². The lowest BCUT2D eigenvalue weighted by Crippen LogP contribution is -2.37. The Kier molecular flexibility index (Phi) is 3.62. The summed E-state index contributed by atoms with van der Waals surface area (Å²) in [7, 11) is 0. The van der Waals surface area contributed by atoms with Crippen molar-refractivity contribution >= 4 is 23.0 Å². The van der Waals surface area contributed by atoms with E-state index in [0.29, 0.717) is 22.4 Å². The Morgan fingerprint density at radius 2 is 2.18 bits per heavy atom. The van der Waals surface area contributed by atoms with E-state index in [-0.39, 0.29) is 5.82 Å². The molecule has 0 aliphatic heterocycles. The second-order valence-electron chi connectivity index (χ2n) is 4.69. The van der Waals surface area contributed by atoms with E-state index in [4.69, 9.17) is 12.2 Å². The molecule has 1 atom stereocenters. The maximum absolute atomic E-state index is 13.3. The average molecular weight is 252 g/mol. The predicted octanol–water partition coefficient (Wildman–Crippen LogP) is 3.22. The van der Waals surface area contributed by atoms with Crippen LogP contribution in [0, 0.1) is 18.7 Å². The highest BCUT2D eigenvalue weighted by Gasteiger charge is 2.28. The van der Waals surface area contributed by atoms with E-state index in [1.807, 2.05) is 6.07 Å². The molecule has 0 amide bonds. The number of anilines is 1. The van der Waals surface area contributed by atoms with Gasteiger partial charge in [0.2, 0.25) is 0 Å². The van der Waals surface area contributed by atoms with Gasteiger partial charge >= 0.3 is 0 Å². The van der Waals surface area contributed by atoms with E-state index in [9.17, 15) is 4.39 Å². The van der Waals surface area contributed by atoms with Crippen LogP contribution in [0.5, 0.6) is 0 Å². The Morgan fingerprint density at radius 3 is 2.76 bits per heavy atom. The zero-order chi connectivity index (χ0) is 12.4. The molecule has 2 rings (SSSR count). The summed E-state index contributed by atoms with van der Waals surface area (Å²) in [6.45, 7) is 3.87. The molecule has 0 bridgehead atoms. The van der Waals surface area contributed by atoms with Crippen molar-refractivity contribution in [1.29, 1.82) is 0 Å². The number of benzene rings is 1. The highest BCUT2D eigenvalue weighted by Crippen LogP contribution is 2.32. The topological polar surface area (TPSA) is 24.1 Å². The maximum atomic E-state index is 13.3. The molecular formula is C13H17FN2S. The highest BCUT2D eigenvalue weighted by molar-refractivity contribution is 7.80. The molecule has 0 heterocycles. The molecule has 1 fully saturated rings. The third kappa shape index (κ3) is 3.40. The predicted molar refractivity (Wildman–Crippen MR) is 72.7 cm³/mol. The van der Waals surface area contributed by atoms with Crippen molar-refractivity contribution in [3.05, 3.63) is 29.6 Å². The van der Waals surface area contributed by atoms with Gasteiger partial charge in [-0.15, -0.1) is 0 Å². The molecule has 17 heavy (non-hydrogen) atoms. The molecule has 4 heteroatoms. The number of thiocarbonyl (C=S) groups is 1. The number of hydrogen-bond acceptors (Lipinski definition) is 1. The van der Waals surface area contributed by atoms with Crippen LogP contribution in [-0.2, 0) is 0 Å². The smallest absolute Gasteiger partial charge is 0.170 e. The molecule has 0 unspecified atom stereocenters. The van der Waals surface area contributed by atoms with Gasteiger partial charge in [0.15, 0.2) is 5.11 Å².